The Morgan fingerprint density at radius 1 is 1.16 bits per heavy atom. The zero-order valence-corrected chi connectivity index (χ0v) is 23.0. The first-order valence-electron chi connectivity index (χ1n) is 11.6. The van der Waals surface area contributed by atoms with E-state index in [0.29, 0.717) is 10.6 Å². The quantitative estimate of drug-likeness (QED) is 0.250. The van der Waals surface area contributed by atoms with Gasteiger partial charge in [0.25, 0.3) is 0 Å². The average Bonchev–Trinajstić information content (AvgIpc) is 3.64. The molecule has 2 aliphatic heterocycles. The van der Waals surface area contributed by atoms with Crippen LogP contribution in [0.2, 0.25) is 10.0 Å². The van der Waals surface area contributed by atoms with Crippen molar-refractivity contribution in [3.8, 4) is 10.7 Å². The fourth-order valence-corrected chi connectivity index (χ4v) is 7.05. The zero-order valence-electron chi connectivity index (χ0n) is 19.8. The van der Waals surface area contributed by atoms with E-state index in [0.717, 1.165) is 10.6 Å². The van der Waals surface area contributed by atoms with Gasteiger partial charge in [-0.3, -0.25) is 0 Å². The Kier molecular flexibility index (Phi) is 7.70. The Balaban J connectivity index is 1.35. The summed E-state index contributed by atoms with van der Waals surface area (Å²) in [6, 6.07) is 12.3. The molecule has 198 valence electrons. The van der Waals surface area contributed by atoms with Gasteiger partial charge < -0.3 is 18.9 Å². The van der Waals surface area contributed by atoms with E-state index in [-0.39, 0.29) is 16.7 Å². The normalized spacial score (nSPS) is 27.3. The number of fused-ring (bicyclic) bond motifs is 1. The highest BCUT2D eigenvalue weighted by atomic mass is 35.5. The van der Waals surface area contributed by atoms with Crippen molar-refractivity contribution in [3.63, 3.8) is 0 Å². The van der Waals surface area contributed by atoms with Gasteiger partial charge in [0, 0.05) is 29.1 Å². The number of methoxy groups -OCH3 is 1. The lowest BCUT2D eigenvalue weighted by molar-refractivity contribution is -0.308. The third-order valence-electron chi connectivity index (χ3n) is 6.33. The number of thioether (sulfide) groups is 1. The molecule has 4 aromatic rings. The molecule has 0 saturated carbocycles. The van der Waals surface area contributed by atoms with Crippen LogP contribution in [0.15, 0.2) is 65.1 Å². The van der Waals surface area contributed by atoms with Gasteiger partial charge in [-0.05, 0) is 12.1 Å². The number of aromatic nitrogens is 4. The van der Waals surface area contributed by atoms with Crippen LogP contribution in [-0.4, -0.2) is 57.4 Å². The smallest absolute Gasteiger partial charge is 0.184 e. The summed E-state index contributed by atoms with van der Waals surface area (Å²) in [5.74, 6) is -0.665. The number of hydrogen-bond acceptors (Lipinski definition) is 9. The lowest BCUT2D eigenvalue weighted by atomic mass is 9.96. The Bertz CT molecular complexity index is 1370. The minimum absolute atomic E-state index is 0.0707. The van der Waals surface area contributed by atoms with Gasteiger partial charge in [-0.2, -0.15) is 0 Å². The third-order valence-corrected chi connectivity index (χ3v) is 8.80. The summed E-state index contributed by atoms with van der Waals surface area (Å²) in [7, 11) is 1.60. The van der Waals surface area contributed by atoms with Crippen molar-refractivity contribution in [3.05, 3.63) is 81.7 Å². The van der Waals surface area contributed by atoms with Gasteiger partial charge in [-0.15, -0.1) is 16.4 Å². The van der Waals surface area contributed by atoms with Crippen LogP contribution in [0, 0.1) is 5.82 Å². The Morgan fingerprint density at radius 3 is 2.66 bits per heavy atom. The number of rotatable bonds is 6. The van der Waals surface area contributed by atoms with Crippen molar-refractivity contribution < 1.29 is 23.3 Å². The van der Waals surface area contributed by atoms with Crippen LogP contribution in [0.4, 0.5) is 4.39 Å². The van der Waals surface area contributed by atoms with Gasteiger partial charge in [0.2, 0.25) is 0 Å². The van der Waals surface area contributed by atoms with Crippen molar-refractivity contribution in [1.82, 2.24) is 20.0 Å². The van der Waals surface area contributed by atoms with Crippen molar-refractivity contribution >= 4 is 46.3 Å². The molecule has 2 aromatic carbocycles. The van der Waals surface area contributed by atoms with Crippen molar-refractivity contribution in [1.29, 1.82) is 0 Å². The highest BCUT2D eigenvalue weighted by Crippen LogP contribution is 2.45. The van der Waals surface area contributed by atoms with Gasteiger partial charge in [-0.25, -0.2) is 14.1 Å². The standard InChI is InChI=1S/C25H21Cl2FN4O4S2/c1-33-22-20(32-11-17(30-31-32)23-29-7-8-37-23)21-18(12-34-24(36-21)13-5-3-2-4-6-13)35-25(22)38-14-9-15(26)19(28)16(27)10-14/h2-11,18,20-22,24-25H,12H2,1H3/t18?,20?,21-,22-,24?,25+/m0/s1. The van der Waals surface area contributed by atoms with E-state index in [9.17, 15) is 4.39 Å². The maximum Gasteiger partial charge on any atom is 0.184 e. The fourth-order valence-electron chi connectivity index (χ4n) is 4.60. The lowest BCUT2D eigenvalue weighted by Gasteiger charge is -2.48. The molecular formula is C25H21Cl2FN4O4S2. The molecule has 0 spiro atoms. The first-order valence-corrected chi connectivity index (χ1v) is 14.2. The summed E-state index contributed by atoms with van der Waals surface area (Å²) in [5, 5.41) is 11.3. The van der Waals surface area contributed by atoms with Crippen LogP contribution in [0.3, 0.4) is 0 Å². The monoisotopic (exact) mass is 594 g/mol. The van der Waals surface area contributed by atoms with Crippen LogP contribution >= 0.6 is 46.3 Å². The van der Waals surface area contributed by atoms with Crippen molar-refractivity contribution in [2.45, 2.75) is 41.0 Å². The molecule has 3 unspecified atom stereocenters. The summed E-state index contributed by atoms with van der Waals surface area (Å²) in [5.41, 5.74) is 0.996. The molecule has 2 aliphatic rings. The van der Waals surface area contributed by atoms with Crippen molar-refractivity contribution in [2.24, 2.45) is 0 Å². The van der Waals surface area contributed by atoms with E-state index >= 15 is 0 Å². The van der Waals surface area contributed by atoms with Gasteiger partial charge in [-0.1, -0.05) is 70.5 Å². The average molecular weight is 596 g/mol. The first-order chi connectivity index (χ1) is 18.5. The highest BCUT2D eigenvalue weighted by Gasteiger charge is 2.52. The van der Waals surface area contributed by atoms with E-state index in [2.05, 4.69) is 15.3 Å². The van der Waals surface area contributed by atoms with E-state index in [4.69, 9.17) is 42.1 Å². The zero-order chi connectivity index (χ0) is 26.2. The van der Waals surface area contributed by atoms with Gasteiger partial charge in [0.1, 0.15) is 40.5 Å². The van der Waals surface area contributed by atoms with E-state index in [1.807, 2.05) is 41.9 Å². The molecule has 8 nitrogen and oxygen atoms in total. The minimum Gasteiger partial charge on any atom is -0.375 e. The summed E-state index contributed by atoms with van der Waals surface area (Å²) in [4.78, 5) is 4.98. The third kappa shape index (κ3) is 5.09. The van der Waals surface area contributed by atoms with Gasteiger partial charge in [0.05, 0.1) is 22.8 Å². The van der Waals surface area contributed by atoms with Gasteiger partial charge in [0.15, 0.2) is 12.1 Å². The van der Waals surface area contributed by atoms with Crippen molar-refractivity contribution in [2.75, 3.05) is 13.7 Å². The number of nitrogens with zero attached hydrogens (tertiary/aromatic N) is 4. The van der Waals surface area contributed by atoms with Gasteiger partial charge >= 0.3 is 0 Å². The Hall–Kier alpha value is -2.09. The topological polar surface area (TPSA) is 80.5 Å². The molecule has 2 aromatic heterocycles. The summed E-state index contributed by atoms with van der Waals surface area (Å²) in [6.07, 6.45) is 1.52. The van der Waals surface area contributed by atoms with E-state index in [1.54, 1.807) is 18.0 Å². The SMILES string of the molecule is CO[C@H]1C(n2cc(-c3nccs3)nn2)[C@H]2OC(c3ccccc3)OCC2O[C@@H]1Sc1cc(Cl)c(F)c(Cl)c1. The van der Waals surface area contributed by atoms with Crippen LogP contribution < -0.4 is 0 Å². The second-order valence-electron chi connectivity index (χ2n) is 8.65. The molecular weight excluding hydrogens is 574 g/mol. The number of ether oxygens (including phenoxy) is 4. The Morgan fingerprint density at radius 2 is 1.95 bits per heavy atom. The Labute approximate surface area is 236 Å². The number of benzene rings is 2. The maximum absolute atomic E-state index is 14.0. The molecule has 2 fully saturated rings. The molecule has 0 N–H and O–H groups in total. The second kappa shape index (κ2) is 11.2. The molecule has 13 heteroatoms. The number of halogens is 3. The van der Waals surface area contributed by atoms with Crippen LogP contribution in [0.25, 0.3) is 10.7 Å². The van der Waals surface area contributed by atoms with Crippen LogP contribution in [0.5, 0.6) is 0 Å². The van der Waals surface area contributed by atoms with Crippen LogP contribution in [0.1, 0.15) is 17.9 Å². The second-order valence-corrected chi connectivity index (χ2v) is 11.5. The summed E-state index contributed by atoms with van der Waals surface area (Å²) < 4.78 is 40.8. The fraction of sp³-hybridized carbons (Fsp3) is 0.320. The molecule has 0 amide bonds. The number of thiazole rings is 1. The molecule has 6 rings (SSSR count). The highest BCUT2D eigenvalue weighted by molar-refractivity contribution is 7.99. The molecule has 4 heterocycles. The summed E-state index contributed by atoms with van der Waals surface area (Å²) >= 11 is 14.9. The molecule has 0 aliphatic carbocycles. The maximum atomic E-state index is 14.0. The number of hydrogen-bond donors (Lipinski definition) is 0. The molecule has 2 saturated heterocycles. The predicted octanol–water partition coefficient (Wildman–Crippen LogP) is 6.04. The van der Waals surface area contributed by atoms with E-state index < -0.39 is 41.9 Å². The molecule has 6 atom stereocenters. The minimum atomic E-state index is -0.665. The molecule has 0 radical (unpaired) electrons. The van der Waals surface area contributed by atoms with E-state index in [1.165, 1.54) is 35.2 Å². The predicted molar refractivity (Wildman–Crippen MR) is 142 cm³/mol. The summed E-state index contributed by atoms with van der Waals surface area (Å²) in [6.45, 7) is 0.285. The largest absolute Gasteiger partial charge is 0.375 e. The molecule has 0 bridgehead atoms. The molecule has 38 heavy (non-hydrogen) atoms. The first kappa shape index (κ1) is 26.1. The van der Waals surface area contributed by atoms with Crippen LogP contribution in [-0.2, 0) is 18.9 Å². The lowest BCUT2D eigenvalue weighted by Crippen LogP contribution is -2.59.